The van der Waals surface area contributed by atoms with Crippen molar-refractivity contribution in [1.82, 2.24) is 14.3 Å². The number of likely N-dealkylation sites (N-methyl/N-ethyl adjacent to an activating group) is 1. The summed E-state index contributed by atoms with van der Waals surface area (Å²) in [5, 5.41) is 0. The molecule has 0 radical (unpaired) electrons. The minimum Gasteiger partial charge on any atom is -0.305 e. The minimum atomic E-state index is -3.51. The first-order chi connectivity index (χ1) is 12.0. The molecular weight excluding hydrogens is 334 g/mol. The lowest BCUT2D eigenvalue weighted by molar-refractivity contribution is 0.307. The number of imidazole rings is 1. The Kier molecular flexibility index (Phi) is 5.20. The van der Waals surface area contributed by atoms with Crippen LogP contribution in [-0.2, 0) is 16.3 Å². The molecule has 0 N–H and O–H groups in total. The van der Waals surface area contributed by atoms with Crippen molar-refractivity contribution in [2.24, 2.45) is 0 Å². The van der Waals surface area contributed by atoms with Gasteiger partial charge in [0.1, 0.15) is 5.65 Å². The van der Waals surface area contributed by atoms with Crippen molar-refractivity contribution in [2.45, 2.75) is 30.1 Å². The van der Waals surface area contributed by atoms with Crippen molar-refractivity contribution < 1.29 is 8.42 Å². The van der Waals surface area contributed by atoms with Gasteiger partial charge in [-0.25, -0.2) is 13.4 Å². The Morgan fingerprint density at radius 1 is 0.960 bits per heavy atom. The molecule has 2 aromatic heterocycles. The highest BCUT2D eigenvalue weighted by Gasteiger charge is 2.18. The molecule has 0 saturated heterocycles. The second-order valence-electron chi connectivity index (χ2n) is 5.96. The SMILES string of the molecule is CCN(CC)CCc1cn2cc(S(=O)(=O)c3ccccc3)ccc2n1. The fraction of sp³-hybridized carbons (Fsp3) is 0.316. The Hall–Kier alpha value is -2.18. The van der Waals surface area contributed by atoms with Crippen LogP contribution in [0.15, 0.2) is 64.6 Å². The van der Waals surface area contributed by atoms with Crippen LogP contribution in [0.25, 0.3) is 5.65 Å². The first-order valence-corrected chi connectivity index (χ1v) is 10.0. The maximum atomic E-state index is 12.7. The molecule has 3 rings (SSSR count). The van der Waals surface area contributed by atoms with Crippen molar-refractivity contribution in [1.29, 1.82) is 0 Å². The predicted molar refractivity (Wildman–Crippen MR) is 98.6 cm³/mol. The van der Waals surface area contributed by atoms with Crippen LogP contribution in [0.4, 0.5) is 0 Å². The van der Waals surface area contributed by atoms with E-state index in [2.05, 4.69) is 23.7 Å². The quantitative estimate of drug-likeness (QED) is 0.652. The standard InChI is InChI=1S/C19H23N3O2S/c1-3-21(4-2)13-12-16-14-22-15-18(10-11-19(22)20-16)25(23,24)17-8-6-5-7-9-17/h5-11,14-15H,3-4,12-13H2,1-2H3. The second kappa shape index (κ2) is 7.37. The molecule has 0 saturated carbocycles. The van der Waals surface area contributed by atoms with E-state index in [-0.39, 0.29) is 4.90 Å². The van der Waals surface area contributed by atoms with E-state index in [1.54, 1.807) is 53.1 Å². The van der Waals surface area contributed by atoms with Gasteiger partial charge in [0.2, 0.25) is 9.84 Å². The zero-order valence-corrected chi connectivity index (χ0v) is 15.4. The van der Waals surface area contributed by atoms with E-state index in [1.807, 2.05) is 6.20 Å². The molecule has 1 aromatic carbocycles. The number of fused-ring (bicyclic) bond motifs is 1. The van der Waals surface area contributed by atoms with Crippen LogP contribution < -0.4 is 0 Å². The lowest BCUT2D eigenvalue weighted by atomic mass is 10.3. The number of benzene rings is 1. The van der Waals surface area contributed by atoms with E-state index in [9.17, 15) is 8.42 Å². The maximum Gasteiger partial charge on any atom is 0.208 e. The summed E-state index contributed by atoms with van der Waals surface area (Å²) in [5.41, 5.74) is 1.74. The lowest BCUT2D eigenvalue weighted by Gasteiger charge is -2.16. The maximum absolute atomic E-state index is 12.7. The third-order valence-corrected chi connectivity index (χ3v) is 6.17. The summed E-state index contributed by atoms with van der Waals surface area (Å²) >= 11 is 0. The van der Waals surface area contributed by atoms with E-state index in [0.717, 1.165) is 37.4 Å². The van der Waals surface area contributed by atoms with E-state index in [1.165, 1.54) is 0 Å². The molecule has 0 aliphatic carbocycles. The number of aromatic nitrogens is 2. The zero-order valence-electron chi connectivity index (χ0n) is 14.6. The summed E-state index contributed by atoms with van der Waals surface area (Å²) in [6, 6.07) is 11.9. The highest BCUT2D eigenvalue weighted by atomic mass is 32.2. The van der Waals surface area contributed by atoms with Crippen molar-refractivity contribution in [3.63, 3.8) is 0 Å². The Bertz CT molecular complexity index is 945. The van der Waals surface area contributed by atoms with Gasteiger partial charge in [0.25, 0.3) is 0 Å². The summed E-state index contributed by atoms with van der Waals surface area (Å²) in [7, 11) is -3.51. The van der Waals surface area contributed by atoms with Crippen LogP contribution in [0.1, 0.15) is 19.5 Å². The third-order valence-electron chi connectivity index (χ3n) is 4.42. The Morgan fingerprint density at radius 2 is 1.68 bits per heavy atom. The van der Waals surface area contributed by atoms with Crippen molar-refractivity contribution in [3.05, 3.63) is 60.6 Å². The number of hydrogen-bond donors (Lipinski definition) is 0. The topological polar surface area (TPSA) is 54.7 Å². The number of pyridine rings is 1. The van der Waals surface area contributed by atoms with Gasteiger partial charge in [0, 0.05) is 25.4 Å². The zero-order chi connectivity index (χ0) is 17.9. The van der Waals surface area contributed by atoms with Crippen LogP contribution >= 0.6 is 0 Å². The normalized spacial score (nSPS) is 12.1. The molecule has 2 heterocycles. The molecule has 25 heavy (non-hydrogen) atoms. The van der Waals surface area contributed by atoms with Gasteiger partial charge in [0.15, 0.2) is 0 Å². The first-order valence-electron chi connectivity index (χ1n) is 8.54. The van der Waals surface area contributed by atoms with Gasteiger partial charge in [-0.1, -0.05) is 32.0 Å². The second-order valence-corrected chi connectivity index (χ2v) is 7.91. The van der Waals surface area contributed by atoms with Crippen molar-refractivity contribution >= 4 is 15.5 Å². The monoisotopic (exact) mass is 357 g/mol. The van der Waals surface area contributed by atoms with E-state index >= 15 is 0 Å². The van der Waals surface area contributed by atoms with Crippen LogP contribution in [0, 0.1) is 0 Å². The van der Waals surface area contributed by atoms with Gasteiger partial charge in [-0.05, 0) is 37.4 Å². The summed E-state index contributed by atoms with van der Waals surface area (Å²) in [6.07, 6.45) is 4.42. The average molecular weight is 357 g/mol. The molecular formula is C19H23N3O2S. The smallest absolute Gasteiger partial charge is 0.208 e. The summed E-state index contributed by atoms with van der Waals surface area (Å²) < 4.78 is 27.3. The average Bonchev–Trinajstić information content (AvgIpc) is 3.05. The van der Waals surface area contributed by atoms with Crippen LogP contribution in [0.2, 0.25) is 0 Å². The van der Waals surface area contributed by atoms with Gasteiger partial charge in [-0.15, -0.1) is 0 Å². The molecule has 0 spiro atoms. The number of rotatable bonds is 7. The lowest BCUT2D eigenvalue weighted by Crippen LogP contribution is -2.25. The number of sulfone groups is 1. The van der Waals surface area contributed by atoms with E-state index in [0.29, 0.717) is 4.90 Å². The Balaban J connectivity index is 1.88. The van der Waals surface area contributed by atoms with E-state index in [4.69, 9.17) is 0 Å². The summed E-state index contributed by atoms with van der Waals surface area (Å²) in [5.74, 6) is 0. The highest BCUT2D eigenvalue weighted by Crippen LogP contribution is 2.21. The Morgan fingerprint density at radius 3 is 2.36 bits per heavy atom. The van der Waals surface area contributed by atoms with Gasteiger partial charge in [-0.3, -0.25) is 0 Å². The molecule has 0 aliphatic heterocycles. The van der Waals surface area contributed by atoms with Gasteiger partial charge < -0.3 is 9.30 Å². The molecule has 0 fully saturated rings. The highest BCUT2D eigenvalue weighted by molar-refractivity contribution is 7.91. The van der Waals surface area contributed by atoms with E-state index < -0.39 is 9.84 Å². The summed E-state index contributed by atoms with van der Waals surface area (Å²) in [4.78, 5) is 7.51. The molecule has 5 nitrogen and oxygen atoms in total. The molecule has 6 heteroatoms. The van der Waals surface area contributed by atoms with Gasteiger partial charge >= 0.3 is 0 Å². The molecule has 132 valence electrons. The number of hydrogen-bond acceptors (Lipinski definition) is 4. The predicted octanol–water partition coefficient (Wildman–Crippen LogP) is 3.05. The van der Waals surface area contributed by atoms with Gasteiger partial charge in [0.05, 0.1) is 15.5 Å². The fourth-order valence-electron chi connectivity index (χ4n) is 2.85. The van der Waals surface area contributed by atoms with Crippen LogP contribution in [-0.4, -0.2) is 42.3 Å². The first kappa shape index (κ1) is 17.6. The molecule has 3 aromatic rings. The molecule has 0 bridgehead atoms. The van der Waals surface area contributed by atoms with Crippen LogP contribution in [0.3, 0.4) is 0 Å². The largest absolute Gasteiger partial charge is 0.305 e. The number of nitrogens with zero attached hydrogens (tertiary/aromatic N) is 3. The van der Waals surface area contributed by atoms with Crippen molar-refractivity contribution in [3.8, 4) is 0 Å². The van der Waals surface area contributed by atoms with Crippen LogP contribution in [0.5, 0.6) is 0 Å². The minimum absolute atomic E-state index is 0.277. The molecule has 0 atom stereocenters. The molecule has 0 aliphatic rings. The fourth-order valence-corrected chi connectivity index (χ4v) is 4.14. The Labute approximate surface area is 148 Å². The van der Waals surface area contributed by atoms with Gasteiger partial charge in [-0.2, -0.15) is 0 Å². The molecule has 0 amide bonds. The van der Waals surface area contributed by atoms with Crippen molar-refractivity contribution in [2.75, 3.05) is 19.6 Å². The summed E-state index contributed by atoms with van der Waals surface area (Å²) in [6.45, 7) is 7.28. The molecule has 0 unspecified atom stereocenters. The third kappa shape index (κ3) is 3.75.